The second-order valence-corrected chi connectivity index (χ2v) is 7.91. The Kier molecular flexibility index (Phi) is 5.97. The Morgan fingerprint density at radius 2 is 1.83 bits per heavy atom. The Balaban J connectivity index is 2.21. The minimum Gasteiger partial charge on any atom is -0.495 e. The van der Waals surface area contributed by atoms with Gasteiger partial charge in [0, 0.05) is 10.9 Å². The number of sulfonamides is 1. The van der Waals surface area contributed by atoms with E-state index in [1.807, 2.05) is 30.5 Å². The zero-order chi connectivity index (χ0) is 17.0. The maximum absolute atomic E-state index is 12.5. The molecule has 0 aliphatic heterocycles. The van der Waals surface area contributed by atoms with E-state index in [4.69, 9.17) is 16.3 Å². The zero-order valence-corrected chi connectivity index (χ0v) is 15.4. The molecule has 1 N–H and O–H groups in total. The summed E-state index contributed by atoms with van der Waals surface area (Å²) in [6.45, 7) is 1.80. The summed E-state index contributed by atoms with van der Waals surface area (Å²) in [7, 11) is -2.19. The predicted molar refractivity (Wildman–Crippen MR) is 95.0 cm³/mol. The van der Waals surface area contributed by atoms with Gasteiger partial charge in [-0.25, -0.2) is 13.1 Å². The highest BCUT2D eigenvalue weighted by Gasteiger charge is 2.19. The molecule has 0 radical (unpaired) electrons. The van der Waals surface area contributed by atoms with Gasteiger partial charge in [0.25, 0.3) is 0 Å². The van der Waals surface area contributed by atoms with Crippen LogP contribution in [-0.4, -0.2) is 21.8 Å². The predicted octanol–water partition coefficient (Wildman–Crippen LogP) is 4.11. The SMILES string of the molecule is COc1ccc(S(=O)(=O)NC(C)c2ccc(SC)cc2)cc1Cl. The summed E-state index contributed by atoms with van der Waals surface area (Å²) in [5, 5.41) is 0.257. The molecule has 2 aromatic carbocycles. The van der Waals surface area contributed by atoms with Crippen LogP contribution in [0, 0.1) is 0 Å². The van der Waals surface area contributed by atoms with E-state index in [2.05, 4.69) is 4.72 Å². The lowest BCUT2D eigenvalue weighted by Gasteiger charge is -2.15. The van der Waals surface area contributed by atoms with Crippen LogP contribution in [0.5, 0.6) is 5.75 Å². The van der Waals surface area contributed by atoms with Gasteiger partial charge in [-0.3, -0.25) is 0 Å². The molecule has 0 aliphatic carbocycles. The number of halogens is 1. The number of ether oxygens (including phenoxy) is 1. The van der Waals surface area contributed by atoms with E-state index in [1.54, 1.807) is 18.7 Å². The molecule has 2 aromatic rings. The molecular formula is C16H18ClNO3S2. The minimum atomic E-state index is -3.67. The maximum Gasteiger partial charge on any atom is 0.241 e. The summed E-state index contributed by atoms with van der Waals surface area (Å²) in [5.41, 5.74) is 0.894. The van der Waals surface area contributed by atoms with Crippen molar-refractivity contribution in [3.05, 3.63) is 53.1 Å². The minimum absolute atomic E-state index is 0.107. The van der Waals surface area contributed by atoms with Crippen LogP contribution >= 0.6 is 23.4 Å². The van der Waals surface area contributed by atoms with Crippen molar-refractivity contribution in [3.8, 4) is 5.75 Å². The number of nitrogens with one attached hydrogen (secondary N) is 1. The normalized spacial score (nSPS) is 12.9. The average Bonchev–Trinajstić information content (AvgIpc) is 2.54. The molecule has 7 heteroatoms. The fourth-order valence-electron chi connectivity index (χ4n) is 2.08. The molecule has 124 valence electrons. The third kappa shape index (κ3) is 4.41. The van der Waals surface area contributed by atoms with Crippen LogP contribution in [0.1, 0.15) is 18.5 Å². The van der Waals surface area contributed by atoms with Gasteiger partial charge < -0.3 is 4.74 Å². The summed E-state index contributed by atoms with van der Waals surface area (Å²) in [5.74, 6) is 0.436. The second kappa shape index (κ2) is 7.57. The Labute approximate surface area is 146 Å². The topological polar surface area (TPSA) is 55.4 Å². The first-order valence-electron chi connectivity index (χ1n) is 6.87. The van der Waals surface area contributed by atoms with Crippen molar-refractivity contribution >= 4 is 33.4 Å². The number of benzene rings is 2. The highest BCUT2D eigenvalue weighted by molar-refractivity contribution is 7.98. The molecule has 0 spiro atoms. The van der Waals surface area contributed by atoms with Crippen LogP contribution in [0.25, 0.3) is 0 Å². The van der Waals surface area contributed by atoms with Crippen molar-refractivity contribution in [3.63, 3.8) is 0 Å². The maximum atomic E-state index is 12.5. The summed E-state index contributed by atoms with van der Waals surface area (Å²) in [6, 6.07) is 11.8. The number of hydrogen-bond acceptors (Lipinski definition) is 4. The number of rotatable bonds is 6. The average molecular weight is 372 g/mol. The van der Waals surface area contributed by atoms with Gasteiger partial charge in [0.15, 0.2) is 0 Å². The van der Waals surface area contributed by atoms with Crippen molar-refractivity contribution in [2.45, 2.75) is 22.8 Å². The molecular weight excluding hydrogens is 354 g/mol. The van der Waals surface area contributed by atoms with E-state index < -0.39 is 10.0 Å². The van der Waals surface area contributed by atoms with Gasteiger partial charge in [0.05, 0.1) is 17.0 Å². The van der Waals surface area contributed by atoms with E-state index >= 15 is 0 Å². The van der Waals surface area contributed by atoms with Crippen LogP contribution in [0.15, 0.2) is 52.3 Å². The monoisotopic (exact) mass is 371 g/mol. The first-order chi connectivity index (χ1) is 10.9. The highest BCUT2D eigenvalue weighted by atomic mass is 35.5. The highest BCUT2D eigenvalue weighted by Crippen LogP contribution is 2.28. The molecule has 0 saturated carbocycles. The molecule has 0 aliphatic rings. The van der Waals surface area contributed by atoms with E-state index in [0.29, 0.717) is 5.75 Å². The molecule has 0 bridgehead atoms. The third-order valence-electron chi connectivity index (χ3n) is 3.38. The van der Waals surface area contributed by atoms with Gasteiger partial charge in [-0.15, -0.1) is 11.8 Å². The molecule has 0 aromatic heterocycles. The van der Waals surface area contributed by atoms with E-state index in [1.165, 1.54) is 25.3 Å². The van der Waals surface area contributed by atoms with Crippen LogP contribution in [0.4, 0.5) is 0 Å². The molecule has 4 nitrogen and oxygen atoms in total. The van der Waals surface area contributed by atoms with Crippen molar-refractivity contribution < 1.29 is 13.2 Å². The number of methoxy groups -OCH3 is 1. The lowest BCUT2D eigenvalue weighted by Crippen LogP contribution is -2.26. The first-order valence-corrected chi connectivity index (χ1v) is 9.96. The largest absolute Gasteiger partial charge is 0.495 e. The smallest absolute Gasteiger partial charge is 0.241 e. The van der Waals surface area contributed by atoms with Gasteiger partial charge in [0.1, 0.15) is 5.75 Å². The fraction of sp³-hybridized carbons (Fsp3) is 0.250. The zero-order valence-electron chi connectivity index (χ0n) is 13.0. The molecule has 0 saturated heterocycles. The Morgan fingerprint density at radius 3 is 2.35 bits per heavy atom. The lowest BCUT2D eigenvalue weighted by atomic mass is 10.1. The van der Waals surface area contributed by atoms with Crippen molar-refractivity contribution in [1.82, 2.24) is 4.72 Å². The fourth-order valence-corrected chi connectivity index (χ4v) is 4.06. The van der Waals surface area contributed by atoms with Crippen molar-refractivity contribution in [1.29, 1.82) is 0 Å². The molecule has 1 atom stereocenters. The molecule has 0 heterocycles. The van der Waals surface area contributed by atoms with Crippen LogP contribution in [0.3, 0.4) is 0 Å². The van der Waals surface area contributed by atoms with Gasteiger partial charge in [-0.2, -0.15) is 0 Å². The van der Waals surface area contributed by atoms with Crippen molar-refractivity contribution in [2.75, 3.05) is 13.4 Å². The lowest BCUT2D eigenvalue weighted by molar-refractivity contribution is 0.414. The van der Waals surface area contributed by atoms with Crippen LogP contribution < -0.4 is 9.46 Å². The van der Waals surface area contributed by atoms with Gasteiger partial charge in [0.2, 0.25) is 10.0 Å². The standard InChI is InChI=1S/C16H18ClNO3S2/c1-11(12-4-6-13(22-3)7-5-12)18-23(19,20)14-8-9-16(21-2)15(17)10-14/h4-11,18H,1-3H3. The summed E-state index contributed by atoms with van der Waals surface area (Å²) in [4.78, 5) is 1.24. The quantitative estimate of drug-likeness (QED) is 0.776. The van der Waals surface area contributed by atoms with E-state index in [0.717, 1.165) is 10.5 Å². The Bertz CT molecular complexity index is 776. The van der Waals surface area contributed by atoms with Crippen molar-refractivity contribution in [2.24, 2.45) is 0 Å². The number of hydrogen-bond donors (Lipinski definition) is 1. The summed E-state index contributed by atoms with van der Waals surface area (Å²) >= 11 is 7.64. The van der Waals surface area contributed by atoms with E-state index in [-0.39, 0.29) is 16.0 Å². The Hall–Kier alpha value is -1.21. The Morgan fingerprint density at radius 1 is 1.17 bits per heavy atom. The van der Waals surface area contributed by atoms with E-state index in [9.17, 15) is 8.42 Å². The molecule has 1 unspecified atom stereocenters. The third-order valence-corrected chi connectivity index (χ3v) is 5.96. The van der Waals surface area contributed by atoms with Crippen LogP contribution in [-0.2, 0) is 10.0 Å². The molecule has 23 heavy (non-hydrogen) atoms. The molecule has 0 fully saturated rings. The summed E-state index contributed by atoms with van der Waals surface area (Å²) < 4.78 is 32.6. The van der Waals surface area contributed by atoms with Crippen LogP contribution in [0.2, 0.25) is 5.02 Å². The molecule has 2 rings (SSSR count). The molecule has 0 amide bonds. The van der Waals surface area contributed by atoms with Gasteiger partial charge in [-0.05, 0) is 49.1 Å². The van der Waals surface area contributed by atoms with Gasteiger partial charge in [-0.1, -0.05) is 23.7 Å². The summed E-state index contributed by atoms with van der Waals surface area (Å²) in [6.07, 6.45) is 1.99. The van der Waals surface area contributed by atoms with Gasteiger partial charge >= 0.3 is 0 Å². The first kappa shape index (κ1) is 18.1. The number of thioether (sulfide) groups is 1. The second-order valence-electron chi connectivity index (χ2n) is 4.91.